The highest BCUT2D eigenvalue weighted by molar-refractivity contribution is 5.91. The van der Waals surface area contributed by atoms with E-state index in [-0.39, 0.29) is 36.1 Å². The minimum absolute atomic E-state index is 0.145. The predicted octanol–water partition coefficient (Wildman–Crippen LogP) is 4.94. The van der Waals surface area contributed by atoms with E-state index < -0.39 is 0 Å². The van der Waals surface area contributed by atoms with Crippen molar-refractivity contribution in [2.24, 2.45) is 0 Å². The number of carbonyl (C=O) groups excluding carboxylic acids is 1. The zero-order valence-corrected chi connectivity index (χ0v) is 18.9. The van der Waals surface area contributed by atoms with Crippen LogP contribution in [-0.2, 0) is 17.8 Å². The van der Waals surface area contributed by atoms with Gasteiger partial charge in [-0.15, -0.1) is 0 Å². The predicted molar refractivity (Wildman–Crippen MR) is 131 cm³/mol. The van der Waals surface area contributed by atoms with E-state index in [0.717, 1.165) is 22.3 Å². The first-order valence-electron chi connectivity index (χ1n) is 11.2. The highest BCUT2D eigenvalue weighted by atomic mass is 19.1. The van der Waals surface area contributed by atoms with Crippen LogP contribution in [0, 0.1) is 11.6 Å². The number of halogens is 2. The number of aryl methyl sites for hydroxylation is 1. The number of fused-ring (bicyclic) bond motifs is 2. The van der Waals surface area contributed by atoms with E-state index in [0.29, 0.717) is 28.5 Å². The van der Waals surface area contributed by atoms with Gasteiger partial charge >= 0.3 is 0 Å². The molecule has 0 spiro atoms. The van der Waals surface area contributed by atoms with Crippen molar-refractivity contribution in [2.45, 2.75) is 19.4 Å². The molecule has 0 saturated heterocycles. The Bertz CT molecular complexity index is 1610. The second-order valence-corrected chi connectivity index (χ2v) is 8.45. The number of aromatic nitrogens is 3. The maximum atomic E-state index is 14.0. The van der Waals surface area contributed by atoms with Crippen molar-refractivity contribution in [3.05, 3.63) is 100 Å². The van der Waals surface area contributed by atoms with Gasteiger partial charge in [-0.1, -0.05) is 12.1 Å². The summed E-state index contributed by atoms with van der Waals surface area (Å²) in [4.78, 5) is 37.2. The Balaban J connectivity index is 1.38. The standard InChI is InChI=1S/C27H22F2N4O2/c1-33(15-24-30-22-5-3-2-4-20(22)27(35)32-24)25(34)13-11-19-21-14-18(29)10-12-23(21)31-26(19)16-6-8-17(28)9-7-16/h2-10,12,14,31H,11,13,15H2,1H3,(H,30,32,35). The molecule has 0 fully saturated rings. The maximum Gasteiger partial charge on any atom is 0.258 e. The van der Waals surface area contributed by atoms with Gasteiger partial charge in [-0.3, -0.25) is 9.59 Å². The van der Waals surface area contributed by atoms with Crippen LogP contribution in [0.25, 0.3) is 33.1 Å². The Morgan fingerprint density at radius 2 is 1.69 bits per heavy atom. The Morgan fingerprint density at radius 3 is 2.49 bits per heavy atom. The van der Waals surface area contributed by atoms with Crippen molar-refractivity contribution in [1.82, 2.24) is 19.9 Å². The van der Waals surface area contributed by atoms with E-state index in [1.54, 1.807) is 49.5 Å². The summed E-state index contributed by atoms with van der Waals surface area (Å²) in [5.41, 5.74) is 3.30. The van der Waals surface area contributed by atoms with Crippen LogP contribution >= 0.6 is 0 Å². The van der Waals surface area contributed by atoms with Crippen LogP contribution in [0.3, 0.4) is 0 Å². The molecule has 0 atom stereocenters. The highest BCUT2D eigenvalue weighted by Gasteiger charge is 2.18. The molecule has 2 heterocycles. The fraction of sp³-hybridized carbons (Fsp3) is 0.148. The lowest BCUT2D eigenvalue weighted by molar-refractivity contribution is -0.130. The Kier molecular flexibility index (Phi) is 5.86. The number of hydrogen-bond donors (Lipinski definition) is 2. The smallest absolute Gasteiger partial charge is 0.258 e. The minimum Gasteiger partial charge on any atom is -0.354 e. The molecular formula is C27H22F2N4O2. The lowest BCUT2D eigenvalue weighted by Gasteiger charge is -2.17. The second kappa shape index (κ2) is 9.13. The SMILES string of the molecule is CN(Cc1nc2ccccc2c(=O)[nH]1)C(=O)CCc1c(-c2ccc(F)cc2)[nH]c2ccc(F)cc12. The third-order valence-corrected chi connectivity index (χ3v) is 6.06. The molecule has 2 N–H and O–H groups in total. The molecule has 176 valence electrons. The maximum absolute atomic E-state index is 14.0. The summed E-state index contributed by atoms with van der Waals surface area (Å²) >= 11 is 0. The molecule has 2 aromatic heterocycles. The van der Waals surface area contributed by atoms with Crippen molar-refractivity contribution in [3.8, 4) is 11.3 Å². The van der Waals surface area contributed by atoms with Gasteiger partial charge in [0.05, 0.1) is 17.4 Å². The number of benzene rings is 3. The Morgan fingerprint density at radius 1 is 0.943 bits per heavy atom. The lowest BCUT2D eigenvalue weighted by atomic mass is 10.0. The molecule has 0 aliphatic carbocycles. The molecule has 0 aliphatic heterocycles. The number of amides is 1. The van der Waals surface area contributed by atoms with E-state index in [4.69, 9.17) is 0 Å². The number of para-hydroxylation sites is 1. The quantitative estimate of drug-likeness (QED) is 0.367. The van der Waals surface area contributed by atoms with E-state index >= 15 is 0 Å². The number of H-pyrrole nitrogens is 2. The van der Waals surface area contributed by atoms with Crippen molar-refractivity contribution in [1.29, 1.82) is 0 Å². The number of hydrogen-bond acceptors (Lipinski definition) is 3. The van der Waals surface area contributed by atoms with Gasteiger partial charge in [-0.05, 0) is 72.1 Å². The molecular weight excluding hydrogens is 450 g/mol. The molecule has 5 aromatic rings. The van der Waals surface area contributed by atoms with Gasteiger partial charge in [0.15, 0.2) is 0 Å². The largest absolute Gasteiger partial charge is 0.354 e. The molecule has 0 radical (unpaired) electrons. The van der Waals surface area contributed by atoms with E-state index in [1.807, 2.05) is 0 Å². The number of aromatic amines is 2. The van der Waals surface area contributed by atoms with Crippen LogP contribution in [0.2, 0.25) is 0 Å². The Hall–Kier alpha value is -4.33. The molecule has 6 nitrogen and oxygen atoms in total. The summed E-state index contributed by atoms with van der Waals surface area (Å²) in [6, 6.07) is 17.5. The van der Waals surface area contributed by atoms with Gasteiger partial charge in [-0.2, -0.15) is 0 Å². The Labute approximate surface area is 199 Å². The third-order valence-electron chi connectivity index (χ3n) is 6.06. The summed E-state index contributed by atoms with van der Waals surface area (Å²) in [5, 5.41) is 1.17. The van der Waals surface area contributed by atoms with Crippen LogP contribution in [0.1, 0.15) is 17.8 Å². The normalized spacial score (nSPS) is 11.3. The number of carbonyl (C=O) groups is 1. The number of nitrogens with one attached hydrogen (secondary N) is 2. The summed E-state index contributed by atoms with van der Waals surface area (Å²) in [7, 11) is 1.65. The van der Waals surface area contributed by atoms with Crippen LogP contribution in [0.5, 0.6) is 0 Å². The molecule has 35 heavy (non-hydrogen) atoms. The average Bonchev–Trinajstić information content (AvgIpc) is 3.20. The van der Waals surface area contributed by atoms with Crippen LogP contribution < -0.4 is 5.56 Å². The van der Waals surface area contributed by atoms with E-state index in [1.165, 1.54) is 29.2 Å². The van der Waals surface area contributed by atoms with Crippen LogP contribution in [0.15, 0.2) is 71.5 Å². The van der Waals surface area contributed by atoms with E-state index in [9.17, 15) is 18.4 Å². The molecule has 1 amide bonds. The van der Waals surface area contributed by atoms with Gasteiger partial charge in [0.1, 0.15) is 17.5 Å². The molecule has 5 rings (SSSR count). The fourth-order valence-corrected chi connectivity index (χ4v) is 4.29. The topological polar surface area (TPSA) is 81.8 Å². The summed E-state index contributed by atoms with van der Waals surface area (Å²) in [6.45, 7) is 0.145. The fourth-order valence-electron chi connectivity index (χ4n) is 4.29. The first-order chi connectivity index (χ1) is 16.9. The minimum atomic E-state index is -0.377. The molecule has 0 unspecified atom stereocenters. The second-order valence-electron chi connectivity index (χ2n) is 8.45. The van der Waals surface area contributed by atoms with Crippen molar-refractivity contribution >= 4 is 27.7 Å². The summed E-state index contributed by atoms with van der Waals surface area (Å²) in [5.74, 6) is -0.491. The molecule has 0 saturated carbocycles. The number of nitrogens with zero attached hydrogens (tertiary/aromatic N) is 2. The molecule has 0 bridgehead atoms. The van der Waals surface area contributed by atoms with Gasteiger partial charge in [0.2, 0.25) is 5.91 Å². The molecule has 8 heteroatoms. The van der Waals surface area contributed by atoms with Crippen molar-refractivity contribution in [2.75, 3.05) is 7.05 Å². The lowest BCUT2D eigenvalue weighted by Crippen LogP contribution is -2.28. The zero-order valence-electron chi connectivity index (χ0n) is 18.9. The van der Waals surface area contributed by atoms with Crippen molar-refractivity contribution in [3.63, 3.8) is 0 Å². The summed E-state index contributed by atoms with van der Waals surface area (Å²) in [6.07, 6.45) is 0.507. The molecule has 3 aromatic carbocycles. The van der Waals surface area contributed by atoms with E-state index in [2.05, 4.69) is 15.0 Å². The van der Waals surface area contributed by atoms with Crippen LogP contribution in [-0.4, -0.2) is 32.8 Å². The van der Waals surface area contributed by atoms with Crippen LogP contribution in [0.4, 0.5) is 8.78 Å². The van der Waals surface area contributed by atoms with Gasteiger partial charge in [-0.25, -0.2) is 13.8 Å². The molecule has 0 aliphatic rings. The first kappa shape index (κ1) is 22.5. The summed E-state index contributed by atoms with van der Waals surface area (Å²) < 4.78 is 27.5. The third kappa shape index (κ3) is 4.55. The average molecular weight is 472 g/mol. The van der Waals surface area contributed by atoms with Gasteiger partial charge in [0.25, 0.3) is 5.56 Å². The first-order valence-corrected chi connectivity index (χ1v) is 11.2. The van der Waals surface area contributed by atoms with Gasteiger partial charge in [0, 0.05) is 30.1 Å². The highest BCUT2D eigenvalue weighted by Crippen LogP contribution is 2.32. The van der Waals surface area contributed by atoms with Crippen molar-refractivity contribution < 1.29 is 13.6 Å². The van der Waals surface area contributed by atoms with Gasteiger partial charge < -0.3 is 14.9 Å². The zero-order chi connectivity index (χ0) is 24.5. The number of rotatable bonds is 6. The monoisotopic (exact) mass is 472 g/mol.